The van der Waals surface area contributed by atoms with Crippen LogP contribution < -0.4 is 11.5 Å². The van der Waals surface area contributed by atoms with Gasteiger partial charge in [0.15, 0.2) is 0 Å². The first-order valence-electron chi connectivity index (χ1n) is 4.88. The van der Waals surface area contributed by atoms with Gasteiger partial charge in [-0.25, -0.2) is 0 Å². The quantitative estimate of drug-likeness (QED) is 0.768. The third-order valence-corrected chi connectivity index (χ3v) is 2.66. The molecule has 1 aromatic carbocycles. The van der Waals surface area contributed by atoms with Crippen LogP contribution in [0, 0.1) is 0 Å². The molecule has 80 valence electrons. The van der Waals surface area contributed by atoms with E-state index in [4.69, 9.17) is 23.1 Å². The van der Waals surface area contributed by atoms with Gasteiger partial charge in [-0.1, -0.05) is 17.7 Å². The summed E-state index contributed by atoms with van der Waals surface area (Å²) in [6, 6.07) is 5.87. The van der Waals surface area contributed by atoms with Crippen molar-refractivity contribution in [2.24, 2.45) is 5.73 Å². The van der Waals surface area contributed by atoms with Crippen LogP contribution in [-0.2, 0) is 6.54 Å². The highest BCUT2D eigenvalue weighted by Crippen LogP contribution is 2.30. The Labute approximate surface area is 93.6 Å². The van der Waals surface area contributed by atoms with Gasteiger partial charge < -0.3 is 16.0 Å². The fourth-order valence-corrected chi connectivity index (χ4v) is 2.11. The first-order chi connectivity index (χ1) is 7.09. The molecule has 1 heterocycles. The molecule has 0 aliphatic rings. The first kappa shape index (κ1) is 10.3. The van der Waals surface area contributed by atoms with E-state index in [2.05, 4.69) is 0 Å². The van der Waals surface area contributed by atoms with Crippen LogP contribution in [0.2, 0.25) is 5.02 Å². The van der Waals surface area contributed by atoms with Crippen molar-refractivity contribution in [3.63, 3.8) is 0 Å². The van der Waals surface area contributed by atoms with E-state index >= 15 is 0 Å². The summed E-state index contributed by atoms with van der Waals surface area (Å²) in [5.41, 5.74) is 13.4. The summed E-state index contributed by atoms with van der Waals surface area (Å²) in [5, 5.41) is 1.60. The topological polar surface area (TPSA) is 57.0 Å². The average Bonchev–Trinajstić information content (AvgIpc) is 2.44. The second kappa shape index (κ2) is 3.76. The second-order valence-corrected chi connectivity index (χ2v) is 4.26. The number of benzene rings is 1. The Morgan fingerprint density at radius 3 is 2.87 bits per heavy atom. The van der Waals surface area contributed by atoms with Crippen molar-refractivity contribution in [1.29, 1.82) is 0 Å². The largest absolute Gasteiger partial charge is 0.398 e. The maximum atomic E-state index is 6.12. The van der Waals surface area contributed by atoms with E-state index in [-0.39, 0.29) is 6.04 Å². The molecular weight excluding hydrogens is 210 g/mol. The lowest BCUT2D eigenvalue weighted by molar-refractivity contribution is 0.605. The van der Waals surface area contributed by atoms with Gasteiger partial charge >= 0.3 is 0 Å². The summed E-state index contributed by atoms with van der Waals surface area (Å²) in [4.78, 5) is 0. The molecule has 0 spiro atoms. The van der Waals surface area contributed by atoms with Gasteiger partial charge in [-0.2, -0.15) is 0 Å². The zero-order valence-corrected chi connectivity index (χ0v) is 9.33. The van der Waals surface area contributed by atoms with Gasteiger partial charge in [0.05, 0.1) is 10.5 Å². The fourth-order valence-electron chi connectivity index (χ4n) is 1.79. The molecule has 3 nitrogen and oxygen atoms in total. The molecule has 0 radical (unpaired) electrons. The molecule has 0 aliphatic heterocycles. The van der Waals surface area contributed by atoms with Crippen molar-refractivity contribution in [2.75, 3.05) is 5.73 Å². The Hall–Kier alpha value is -1.19. The van der Waals surface area contributed by atoms with Crippen LogP contribution in [0.4, 0.5) is 5.69 Å². The monoisotopic (exact) mass is 223 g/mol. The highest BCUT2D eigenvalue weighted by Gasteiger charge is 2.09. The van der Waals surface area contributed by atoms with Crippen LogP contribution in [-0.4, -0.2) is 10.6 Å². The van der Waals surface area contributed by atoms with Gasteiger partial charge in [-0.15, -0.1) is 0 Å². The van der Waals surface area contributed by atoms with Crippen LogP contribution in [0.25, 0.3) is 10.9 Å². The van der Waals surface area contributed by atoms with E-state index in [0.717, 1.165) is 17.4 Å². The van der Waals surface area contributed by atoms with Gasteiger partial charge in [-0.3, -0.25) is 0 Å². The lowest BCUT2D eigenvalue weighted by Gasteiger charge is -2.08. The third kappa shape index (κ3) is 1.80. The summed E-state index contributed by atoms with van der Waals surface area (Å²) >= 11 is 6.12. The van der Waals surface area contributed by atoms with Crippen molar-refractivity contribution >= 4 is 28.2 Å². The number of fused-ring (bicyclic) bond motifs is 1. The smallest absolute Gasteiger partial charge is 0.0682 e. The van der Waals surface area contributed by atoms with E-state index in [9.17, 15) is 0 Å². The molecule has 0 amide bonds. The molecule has 1 aromatic heterocycles. The van der Waals surface area contributed by atoms with E-state index in [1.165, 1.54) is 0 Å². The minimum absolute atomic E-state index is 0.0955. The molecule has 0 saturated heterocycles. The fraction of sp³-hybridized carbons (Fsp3) is 0.273. The second-order valence-electron chi connectivity index (χ2n) is 3.85. The van der Waals surface area contributed by atoms with Crippen molar-refractivity contribution < 1.29 is 0 Å². The van der Waals surface area contributed by atoms with Crippen LogP contribution in [0.1, 0.15) is 6.92 Å². The third-order valence-electron chi connectivity index (χ3n) is 2.38. The van der Waals surface area contributed by atoms with Gasteiger partial charge in [0.1, 0.15) is 0 Å². The Kier molecular flexibility index (Phi) is 2.59. The number of hydrogen-bond acceptors (Lipinski definition) is 2. The van der Waals surface area contributed by atoms with E-state index in [1.54, 1.807) is 0 Å². The minimum atomic E-state index is 0.0955. The molecule has 2 aromatic rings. The number of nitrogens with two attached hydrogens (primary N) is 2. The van der Waals surface area contributed by atoms with Gasteiger partial charge in [0.2, 0.25) is 0 Å². The number of nitrogens with zero attached hydrogens (tertiary/aromatic N) is 1. The lowest BCUT2D eigenvalue weighted by Crippen LogP contribution is -2.21. The summed E-state index contributed by atoms with van der Waals surface area (Å²) < 4.78 is 2.04. The molecule has 4 heteroatoms. The molecule has 4 N–H and O–H groups in total. The normalized spacial score (nSPS) is 13.3. The molecule has 0 bridgehead atoms. The maximum absolute atomic E-state index is 6.12. The molecule has 0 aliphatic carbocycles. The first-order valence-corrected chi connectivity index (χ1v) is 5.26. The number of anilines is 1. The summed E-state index contributed by atoms with van der Waals surface area (Å²) in [6.45, 7) is 2.71. The zero-order chi connectivity index (χ0) is 11.0. The summed E-state index contributed by atoms with van der Waals surface area (Å²) in [6.07, 6.45) is 1.88. The Balaban J connectivity index is 2.63. The molecular formula is C11H14ClN3. The number of nitrogen functional groups attached to an aromatic ring is 1. The van der Waals surface area contributed by atoms with Gasteiger partial charge in [-0.05, 0) is 19.1 Å². The predicted molar refractivity (Wildman–Crippen MR) is 65.0 cm³/mol. The maximum Gasteiger partial charge on any atom is 0.0682 e. The van der Waals surface area contributed by atoms with Crippen molar-refractivity contribution in [1.82, 2.24) is 4.57 Å². The average molecular weight is 224 g/mol. The van der Waals surface area contributed by atoms with Crippen molar-refractivity contribution in [3.8, 4) is 0 Å². The van der Waals surface area contributed by atoms with Crippen molar-refractivity contribution in [2.45, 2.75) is 19.5 Å². The Morgan fingerprint density at radius 1 is 1.47 bits per heavy atom. The highest BCUT2D eigenvalue weighted by molar-refractivity contribution is 6.36. The van der Waals surface area contributed by atoms with Crippen LogP contribution >= 0.6 is 11.6 Å². The summed E-state index contributed by atoms with van der Waals surface area (Å²) in [5.74, 6) is 0. The zero-order valence-electron chi connectivity index (χ0n) is 8.57. The SMILES string of the molecule is CC(N)Cn1cc(Cl)c2c(N)cccc21. The molecule has 1 atom stereocenters. The highest BCUT2D eigenvalue weighted by atomic mass is 35.5. The number of hydrogen-bond donors (Lipinski definition) is 2. The molecule has 0 saturated carbocycles. The van der Waals surface area contributed by atoms with Crippen LogP contribution in [0.3, 0.4) is 0 Å². The van der Waals surface area contributed by atoms with Crippen LogP contribution in [0.5, 0.6) is 0 Å². The Morgan fingerprint density at radius 2 is 2.20 bits per heavy atom. The predicted octanol–water partition coefficient (Wildman–Crippen LogP) is 2.22. The minimum Gasteiger partial charge on any atom is -0.398 e. The number of halogens is 1. The summed E-state index contributed by atoms with van der Waals surface area (Å²) in [7, 11) is 0. The van der Waals surface area contributed by atoms with Gasteiger partial charge in [0.25, 0.3) is 0 Å². The van der Waals surface area contributed by atoms with E-state index in [1.807, 2.05) is 35.9 Å². The van der Waals surface area contributed by atoms with E-state index < -0.39 is 0 Å². The molecule has 1 unspecified atom stereocenters. The van der Waals surface area contributed by atoms with Crippen LogP contribution in [0.15, 0.2) is 24.4 Å². The lowest BCUT2D eigenvalue weighted by atomic mass is 10.2. The number of aromatic nitrogens is 1. The van der Waals surface area contributed by atoms with Crippen molar-refractivity contribution in [3.05, 3.63) is 29.4 Å². The standard InChI is InChI=1S/C11H14ClN3/c1-7(13)5-15-6-8(12)11-9(14)3-2-4-10(11)15/h2-4,6-7H,5,13-14H2,1H3. The molecule has 0 fully saturated rings. The number of rotatable bonds is 2. The molecule has 2 rings (SSSR count). The Bertz CT molecular complexity index is 488. The van der Waals surface area contributed by atoms with E-state index in [0.29, 0.717) is 10.7 Å². The van der Waals surface area contributed by atoms with Gasteiger partial charge in [0, 0.05) is 29.9 Å². The molecule has 15 heavy (non-hydrogen) atoms.